The number of nitrogens with one attached hydrogen (secondary N) is 1. The molecule has 110 valence electrons. The topological polar surface area (TPSA) is 44.3 Å². The van der Waals surface area contributed by atoms with E-state index < -0.39 is 0 Å². The molecule has 1 N–H and O–H groups in total. The summed E-state index contributed by atoms with van der Waals surface area (Å²) >= 11 is 0. The van der Waals surface area contributed by atoms with E-state index in [1.54, 1.807) is 0 Å². The molecular weight excluding hydrogens is 250 g/mol. The molecule has 1 unspecified atom stereocenters. The van der Waals surface area contributed by atoms with Crippen molar-refractivity contribution in [3.63, 3.8) is 0 Å². The van der Waals surface area contributed by atoms with Crippen molar-refractivity contribution in [3.05, 3.63) is 17.5 Å². The van der Waals surface area contributed by atoms with E-state index in [9.17, 15) is 0 Å². The monoisotopic (exact) mass is 275 g/mol. The highest BCUT2D eigenvalue weighted by Crippen LogP contribution is 2.25. The van der Waals surface area contributed by atoms with E-state index >= 15 is 0 Å². The van der Waals surface area contributed by atoms with Crippen LogP contribution in [0.1, 0.15) is 17.7 Å². The number of hydrogen-bond donors (Lipinski definition) is 1. The largest absolute Gasteiger partial charge is 0.338 e. The van der Waals surface area contributed by atoms with Gasteiger partial charge in [0.2, 0.25) is 5.95 Å². The van der Waals surface area contributed by atoms with Crippen LogP contribution in [0.2, 0.25) is 0 Å². The maximum atomic E-state index is 4.83. The predicted molar refractivity (Wildman–Crippen MR) is 81.2 cm³/mol. The van der Waals surface area contributed by atoms with Crippen molar-refractivity contribution >= 4 is 5.95 Å². The van der Waals surface area contributed by atoms with Crippen LogP contribution in [0, 0.1) is 5.92 Å². The lowest BCUT2D eigenvalue weighted by atomic mass is 9.87. The van der Waals surface area contributed by atoms with Gasteiger partial charge in [-0.3, -0.25) is 0 Å². The zero-order valence-corrected chi connectivity index (χ0v) is 12.6. The van der Waals surface area contributed by atoms with Crippen LogP contribution in [0.25, 0.3) is 0 Å². The third kappa shape index (κ3) is 2.94. The zero-order valence-electron chi connectivity index (χ0n) is 12.6. The van der Waals surface area contributed by atoms with Gasteiger partial charge in [-0.15, -0.1) is 0 Å². The number of fused-ring (bicyclic) bond motifs is 1. The Kier molecular flexibility index (Phi) is 4.17. The van der Waals surface area contributed by atoms with E-state index in [4.69, 9.17) is 4.98 Å². The summed E-state index contributed by atoms with van der Waals surface area (Å²) in [5.41, 5.74) is 2.63. The molecule has 1 aliphatic heterocycles. The van der Waals surface area contributed by atoms with E-state index in [1.807, 2.05) is 7.05 Å². The van der Waals surface area contributed by atoms with Crippen LogP contribution in [-0.2, 0) is 12.8 Å². The molecule has 1 saturated heterocycles. The van der Waals surface area contributed by atoms with Gasteiger partial charge >= 0.3 is 0 Å². The van der Waals surface area contributed by atoms with Crippen LogP contribution < -0.4 is 10.2 Å². The Morgan fingerprint density at radius 2 is 2.10 bits per heavy atom. The number of hydrogen-bond acceptors (Lipinski definition) is 5. The summed E-state index contributed by atoms with van der Waals surface area (Å²) in [6.45, 7) is 5.38. The Morgan fingerprint density at radius 1 is 1.30 bits per heavy atom. The van der Waals surface area contributed by atoms with Crippen LogP contribution in [-0.4, -0.2) is 61.7 Å². The lowest BCUT2D eigenvalue weighted by molar-refractivity contribution is 0.311. The quantitative estimate of drug-likeness (QED) is 0.873. The molecule has 2 aliphatic rings. The first-order chi connectivity index (χ1) is 9.76. The molecule has 0 saturated carbocycles. The fourth-order valence-corrected chi connectivity index (χ4v) is 3.19. The average Bonchev–Trinajstić information content (AvgIpc) is 2.48. The van der Waals surface area contributed by atoms with Crippen molar-refractivity contribution in [2.45, 2.75) is 19.3 Å². The van der Waals surface area contributed by atoms with Gasteiger partial charge in [0.05, 0.1) is 0 Å². The molecular formula is C15H25N5. The first kappa shape index (κ1) is 13.8. The molecule has 5 nitrogen and oxygen atoms in total. The highest BCUT2D eigenvalue weighted by Gasteiger charge is 2.22. The van der Waals surface area contributed by atoms with E-state index in [2.05, 4.69) is 33.3 Å². The molecule has 0 aromatic carbocycles. The van der Waals surface area contributed by atoms with Gasteiger partial charge in [0.15, 0.2) is 0 Å². The second-order valence-electron chi connectivity index (χ2n) is 6.10. The van der Waals surface area contributed by atoms with Crippen molar-refractivity contribution in [1.29, 1.82) is 0 Å². The Morgan fingerprint density at radius 3 is 2.85 bits per heavy atom. The Balaban J connectivity index is 1.71. The fourth-order valence-electron chi connectivity index (χ4n) is 3.19. The number of piperazine rings is 1. The van der Waals surface area contributed by atoms with Gasteiger partial charge in [-0.2, -0.15) is 0 Å². The normalized spacial score (nSPS) is 23.7. The second kappa shape index (κ2) is 6.06. The van der Waals surface area contributed by atoms with E-state index in [0.29, 0.717) is 0 Å². The summed E-state index contributed by atoms with van der Waals surface area (Å²) in [7, 11) is 4.20. The lowest BCUT2D eigenvalue weighted by Crippen LogP contribution is -2.45. The molecule has 1 aromatic heterocycles. The first-order valence-corrected chi connectivity index (χ1v) is 7.69. The molecule has 20 heavy (non-hydrogen) atoms. The maximum Gasteiger partial charge on any atom is 0.225 e. The minimum Gasteiger partial charge on any atom is -0.338 e. The molecule has 1 atom stereocenters. The van der Waals surface area contributed by atoms with Crippen LogP contribution in [0.5, 0.6) is 0 Å². The number of anilines is 1. The Labute approximate surface area is 121 Å². The van der Waals surface area contributed by atoms with Crippen molar-refractivity contribution < 1.29 is 0 Å². The molecule has 0 radical (unpaired) electrons. The first-order valence-electron chi connectivity index (χ1n) is 7.69. The van der Waals surface area contributed by atoms with Crippen molar-refractivity contribution in [1.82, 2.24) is 20.2 Å². The molecule has 1 aromatic rings. The van der Waals surface area contributed by atoms with Crippen molar-refractivity contribution in [2.24, 2.45) is 5.92 Å². The van der Waals surface area contributed by atoms with Gasteiger partial charge in [0, 0.05) is 38.1 Å². The number of aryl methyl sites for hydroxylation is 1. The van der Waals surface area contributed by atoms with E-state index in [1.165, 1.54) is 17.7 Å². The standard InChI is InChI=1S/C15H25N5/c1-16-10-12-3-4-14-13(9-12)11-17-15(18-14)20-7-5-19(2)6-8-20/h11-12,16H,3-10H2,1-2H3. The van der Waals surface area contributed by atoms with Gasteiger partial charge in [0.1, 0.15) is 0 Å². The third-order valence-electron chi connectivity index (χ3n) is 4.52. The second-order valence-corrected chi connectivity index (χ2v) is 6.10. The van der Waals surface area contributed by atoms with E-state index in [0.717, 1.165) is 57.4 Å². The molecule has 3 rings (SSSR count). The number of nitrogens with zero attached hydrogens (tertiary/aromatic N) is 4. The number of rotatable bonds is 3. The molecule has 0 amide bonds. The third-order valence-corrected chi connectivity index (χ3v) is 4.52. The summed E-state index contributed by atoms with van der Waals surface area (Å²) in [4.78, 5) is 14.1. The molecule has 0 spiro atoms. The molecule has 2 heterocycles. The summed E-state index contributed by atoms with van der Waals surface area (Å²) in [6.07, 6.45) is 5.54. The van der Waals surface area contributed by atoms with Crippen molar-refractivity contribution in [2.75, 3.05) is 51.7 Å². The molecule has 1 fully saturated rings. The smallest absolute Gasteiger partial charge is 0.225 e. The van der Waals surface area contributed by atoms with Gasteiger partial charge in [0.25, 0.3) is 0 Å². The van der Waals surface area contributed by atoms with Gasteiger partial charge in [-0.25, -0.2) is 9.97 Å². The summed E-state index contributed by atoms with van der Waals surface area (Å²) in [5.74, 6) is 1.68. The minimum absolute atomic E-state index is 0.741. The molecule has 1 aliphatic carbocycles. The molecule has 0 bridgehead atoms. The van der Waals surface area contributed by atoms with Crippen LogP contribution in [0.15, 0.2) is 6.20 Å². The van der Waals surface area contributed by atoms with Gasteiger partial charge < -0.3 is 15.1 Å². The van der Waals surface area contributed by atoms with Gasteiger partial charge in [-0.05, 0) is 51.4 Å². The van der Waals surface area contributed by atoms with Crippen molar-refractivity contribution in [3.8, 4) is 0 Å². The molecule has 5 heteroatoms. The van der Waals surface area contributed by atoms with E-state index in [-0.39, 0.29) is 0 Å². The summed E-state index contributed by atoms with van der Waals surface area (Å²) in [6, 6.07) is 0. The predicted octanol–water partition coefficient (Wildman–Crippen LogP) is 0.553. The van der Waals surface area contributed by atoms with Crippen LogP contribution >= 0.6 is 0 Å². The summed E-state index contributed by atoms with van der Waals surface area (Å²) < 4.78 is 0. The average molecular weight is 275 g/mol. The van der Waals surface area contributed by atoms with Crippen LogP contribution in [0.4, 0.5) is 5.95 Å². The number of likely N-dealkylation sites (N-methyl/N-ethyl adjacent to an activating group) is 1. The lowest BCUT2D eigenvalue weighted by Gasteiger charge is -2.33. The number of aromatic nitrogens is 2. The maximum absolute atomic E-state index is 4.83. The summed E-state index contributed by atoms with van der Waals surface area (Å²) in [5, 5.41) is 3.28. The zero-order chi connectivity index (χ0) is 13.9. The Hall–Kier alpha value is -1.20. The fraction of sp³-hybridized carbons (Fsp3) is 0.733. The highest BCUT2D eigenvalue weighted by molar-refractivity contribution is 5.35. The Bertz CT molecular complexity index is 454. The minimum atomic E-state index is 0.741. The van der Waals surface area contributed by atoms with Crippen LogP contribution in [0.3, 0.4) is 0 Å². The highest BCUT2D eigenvalue weighted by atomic mass is 15.3. The SMILES string of the molecule is CNCC1CCc2nc(N3CCN(C)CC3)ncc2C1. The van der Waals surface area contributed by atoms with Gasteiger partial charge in [-0.1, -0.05) is 0 Å².